The van der Waals surface area contributed by atoms with Crippen LogP contribution in [0.2, 0.25) is 0 Å². The van der Waals surface area contributed by atoms with Gasteiger partial charge in [-0.15, -0.1) is 0 Å². The maximum absolute atomic E-state index is 10.7. The third kappa shape index (κ3) is 3.32. The van der Waals surface area contributed by atoms with Gasteiger partial charge in [0.2, 0.25) is 0 Å². The van der Waals surface area contributed by atoms with Gasteiger partial charge >= 0.3 is 5.97 Å². The van der Waals surface area contributed by atoms with Crippen molar-refractivity contribution < 1.29 is 9.90 Å². The highest BCUT2D eigenvalue weighted by Gasteiger charge is 2.20. The maximum Gasteiger partial charge on any atom is 0.304 e. The largest absolute Gasteiger partial charge is 0.481 e. The number of nitrogens with two attached hydrogens (primary N) is 1. The van der Waals surface area contributed by atoms with Gasteiger partial charge in [-0.1, -0.05) is 6.07 Å². The summed E-state index contributed by atoms with van der Waals surface area (Å²) in [6.07, 6.45) is 1.75. The molecule has 0 radical (unpaired) electrons. The molecule has 0 fully saturated rings. The van der Waals surface area contributed by atoms with E-state index in [-0.39, 0.29) is 18.4 Å². The molecule has 0 aliphatic carbocycles. The molecule has 1 heterocycles. The standard InChI is InChI=1S/C11H16N2O2/c1-7-3-4-10(13-6-7)9(8(2)12)5-11(14)15/h3-4,6,8-9H,5,12H2,1-2H3,(H,14,15). The minimum atomic E-state index is -0.848. The Morgan fingerprint density at radius 1 is 1.60 bits per heavy atom. The van der Waals surface area contributed by atoms with E-state index in [1.807, 2.05) is 19.1 Å². The molecular weight excluding hydrogens is 192 g/mol. The lowest BCUT2D eigenvalue weighted by Gasteiger charge is -2.18. The second kappa shape index (κ2) is 4.89. The van der Waals surface area contributed by atoms with Crippen molar-refractivity contribution in [3.8, 4) is 0 Å². The molecule has 0 aliphatic rings. The highest BCUT2D eigenvalue weighted by atomic mass is 16.4. The lowest BCUT2D eigenvalue weighted by molar-refractivity contribution is -0.137. The van der Waals surface area contributed by atoms with Crippen LogP contribution in [0.4, 0.5) is 0 Å². The first-order valence-corrected chi connectivity index (χ1v) is 4.90. The number of rotatable bonds is 4. The summed E-state index contributed by atoms with van der Waals surface area (Å²) in [4.78, 5) is 14.9. The molecule has 0 bridgehead atoms. The van der Waals surface area contributed by atoms with E-state index in [0.717, 1.165) is 11.3 Å². The molecule has 3 N–H and O–H groups in total. The zero-order valence-corrected chi connectivity index (χ0v) is 8.97. The zero-order valence-electron chi connectivity index (χ0n) is 8.97. The summed E-state index contributed by atoms with van der Waals surface area (Å²) < 4.78 is 0. The summed E-state index contributed by atoms with van der Waals surface area (Å²) in [6, 6.07) is 3.54. The van der Waals surface area contributed by atoms with Crippen molar-refractivity contribution in [2.24, 2.45) is 5.73 Å². The van der Waals surface area contributed by atoms with Gasteiger partial charge in [0.1, 0.15) is 0 Å². The van der Waals surface area contributed by atoms with Gasteiger partial charge in [0.05, 0.1) is 6.42 Å². The lowest BCUT2D eigenvalue weighted by Crippen LogP contribution is -2.27. The number of hydrogen-bond donors (Lipinski definition) is 2. The Kier molecular flexibility index (Phi) is 3.80. The molecule has 4 heteroatoms. The Labute approximate surface area is 89.1 Å². The average molecular weight is 208 g/mol. The van der Waals surface area contributed by atoms with Crippen LogP contribution in [0.15, 0.2) is 18.3 Å². The van der Waals surface area contributed by atoms with Crippen LogP contribution in [0.3, 0.4) is 0 Å². The highest BCUT2D eigenvalue weighted by Crippen LogP contribution is 2.20. The van der Waals surface area contributed by atoms with Gasteiger partial charge in [-0.25, -0.2) is 0 Å². The van der Waals surface area contributed by atoms with E-state index in [9.17, 15) is 4.79 Å². The monoisotopic (exact) mass is 208 g/mol. The second-order valence-corrected chi connectivity index (χ2v) is 3.82. The summed E-state index contributed by atoms with van der Waals surface area (Å²) in [5.74, 6) is -1.07. The fraction of sp³-hybridized carbons (Fsp3) is 0.455. The second-order valence-electron chi connectivity index (χ2n) is 3.82. The number of aromatic nitrogens is 1. The van der Waals surface area contributed by atoms with Gasteiger partial charge in [0.15, 0.2) is 0 Å². The van der Waals surface area contributed by atoms with Crippen molar-refractivity contribution in [2.75, 3.05) is 0 Å². The molecule has 0 amide bonds. The molecular formula is C11H16N2O2. The quantitative estimate of drug-likeness (QED) is 0.781. The van der Waals surface area contributed by atoms with Crippen LogP contribution in [0.25, 0.3) is 0 Å². The third-order valence-corrected chi connectivity index (χ3v) is 2.34. The van der Waals surface area contributed by atoms with Crippen LogP contribution < -0.4 is 5.73 Å². The van der Waals surface area contributed by atoms with Crippen LogP contribution in [0.1, 0.15) is 30.5 Å². The Bertz CT molecular complexity index is 333. The van der Waals surface area contributed by atoms with Gasteiger partial charge in [0, 0.05) is 23.9 Å². The van der Waals surface area contributed by atoms with Gasteiger partial charge in [0.25, 0.3) is 0 Å². The zero-order chi connectivity index (χ0) is 11.4. The minimum Gasteiger partial charge on any atom is -0.481 e. The molecule has 4 nitrogen and oxygen atoms in total. The normalized spacial score (nSPS) is 14.6. The Balaban J connectivity index is 2.88. The van der Waals surface area contributed by atoms with Gasteiger partial charge in [-0.05, 0) is 25.5 Å². The van der Waals surface area contributed by atoms with Crippen molar-refractivity contribution >= 4 is 5.97 Å². The predicted octanol–water partition coefficient (Wildman–Crippen LogP) is 1.30. The first kappa shape index (κ1) is 11.7. The summed E-state index contributed by atoms with van der Waals surface area (Å²) in [5, 5.41) is 8.77. The van der Waals surface area contributed by atoms with Crippen molar-refractivity contribution in [2.45, 2.75) is 32.2 Å². The van der Waals surface area contributed by atoms with Crippen molar-refractivity contribution in [3.05, 3.63) is 29.6 Å². The van der Waals surface area contributed by atoms with E-state index in [0.29, 0.717) is 0 Å². The summed E-state index contributed by atoms with van der Waals surface area (Å²) in [6.45, 7) is 3.74. The fourth-order valence-electron chi connectivity index (χ4n) is 1.45. The van der Waals surface area contributed by atoms with Crippen LogP contribution in [-0.2, 0) is 4.79 Å². The van der Waals surface area contributed by atoms with Crippen LogP contribution >= 0.6 is 0 Å². The number of carboxylic acids is 1. The van der Waals surface area contributed by atoms with Crippen LogP contribution in [0, 0.1) is 6.92 Å². The topological polar surface area (TPSA) is 76.2 Å². The van der Waals surface area contributed by atoms with E-state index < -0.39 is 5.97 Å². The Morgan fingerprint density at radius 3 is 2.67 bits per heavy atom. The van der Waals surface area contributed by atoms with Crippen molar-refractivity contribution in [1.29, 1.82) is 0 Å². The van der Waals surface area contributed by atoms with E-state index in [4.69, 9.17) is 10.8 Å². The Morgan fingerprint density at radius 2 is 2.27 bits per heavy atom. The average Bonchev–Trinajstić information content (AvgIpc) is 2.15. The number of aliphatic carboxylic acids is 1. The molecule has 0 aliphatic heterocycles. The van der Waals surface area contributed by atoms with E-state index >= 15 is 0 Å². The van der Waals surface area contributed by atoms with Crippen LogP contribution in [0.5, 0.6) is 0 Å². The number of aryl methyl sites for hydroxylation is 1. The predicted molar refractivity (Wildman–Crippen MR) is 57.6 cm³/mol. The molecule has 0 saturated heterocycles. The third-order valence-electron chi connectivity index (χ3n) is 2.34. The molecule has 1 aromatic rings. The molecule has 0 aromatic carbocycles. The molecule has 2 atom stereocenters. The Hall–Kier alpha value is -1.42. The molecule has 0 spiro atoms. The molecule has 82 valence electrons. The van der Waals surface area contributed by atoms with Crippen molar-refractivity contribution in [3.63, 3.8) is 0 Å². The molecule has 1 rings (SSSR count). The first-order valence-electron chi connectivity index (χ1n) is 4.90. The number of hydrogen-bond acceptors (Lipinski definition) is 3. The van der Waals surface area contributed by atoms with E-state index in [2.05, 4.69) is 4.98 Å². The smallest absolute Gasteiger partial charge is 0.304 e. The van der Waals surface area contributed by atoms with Crippen molar-refractivity contribution in [1.82, 2.24) is 4.98 Å². The molecule has 1 aromatic heterocycles. The van der Waals surface area contributed by atoms with E-state index in [1.54, 1.807) is 13.1 Å². The molecule has 15 heavy (non-hydrogen) atoms. The SMILES string of the molecule is Cc1ccc(C(CC(=O)O)C(C)N)nc1. The fourth-order valence-corrected chi connectivity index (χ4v) is 1.45. The number of pyridine rings is 1. The minimum absolute atomic E-state index is 0.0216. The molecule has 0 saturated carbocycles. The number of carbonyl (C=O) groups is 1. The summed E-state index contributed by atoms with van der Waals surface area (Å²) in [7, 11) is 0. The summed E-state index contributed by atoms with van der Waals surface area (Å²) in [5.41, 5.74) is 7.55. The van der Waals surface area contributed by atoms with Gasteiger partial charge < -0.3 is 10.8 Å². The van der Waals surface area contributed by atoms with Crippen LogP contribution in [-0.4, -0.2) is 22.1 Å². The maximum atomic E-state index is 10.7. The first-order chi connectivity index (χ1) is 7.00. The summed E-state index contributed by atoms with van der Waals surface area (Å²) >= 11 is 0. The van der Waals surface area contributed by atoms with E-state index in [1.165, 1.54) is 0 Å². The number of nitrogens with zero attached hydrogens (tertiary/aromatic N) is 1. The number of carboxylic acid groups (broad SMARTS) is 1. The lowest BCUT2D eigenvalue weighted by atomic mass is 9.94. The van der Waals surface area contributed by atoms with Gasteiger partial charge in [-0.2, -0.15) is 0 Å². The molecule has 2 unspecified atom stereocenters. The van der Waals surface area contributed by atoms with Gasteiger partial charge in [-0.3, -0.25) is 9.78 Å². The highest BCUT2D eigenvalue weighted by molar-refractivity contribution is 5.68.